The highest BCUT2D eigenvalue weighted by Crippen LogP contribution is 2.12. The Morgan fingerprint density at radius 3 is 3.00 bits per heavy atom. The molecular weight excluding hydrogens is 150 g/mol. The van der Waals surface area contributed by atoms with E-state index in [1.54, 1.807) is 6.33 Å². The van der Waals surface area contributed by atoms with Crippen LogP contribution < -0.4 is 0 Å². The lowest BCUT2D eigenvalue weighted by Gasteiger charge is -2.06. The summed E-state index contributed by atoms with van der Waals surface area (Å²) in [6.45, 7) is 4.25. The van der Waals surface area contributed by atoms with Crippen LogP contribution in [0.3, 0.4) is 0 Å². The van der Waals surface area contributed by atoms with Gasteiger partial charge in [0.15, 0.2) is 0 Å². The predicted molar refractivity (Wildman–Crippen MR) is 47.1 cm³/mol. The van der Waals surface area contributed by atoms with Gasteiger partial charge in [0.1, 0.15) is 12.2 Å². The van der Waals surface area contributed by atoms with E-state index >= 15 is 0 Å². The maximum atomic E-state index is 4.30. The van der Waals surface area contributed by atoms with Gasteiger partial charge in [-0.3, -0.25) is 4.40 Å². The van der Waals surface area contributed by atoms with Crippen LogP contribution in [0, 0.1) is 0 Å². The molecule has 0 radical (unpaired) electrons. The van der Waals surface area contributed by atoms with E-state index in [-0.39, 0.29) is 0 Å². The second-order valence-electron chi connectivity index (χ2n) is 3.15. The summed E-state index contributed by atoms with van der Waals surface area (Å²) in [6.07, 6.45) is 5.47. The van der Waals surface area contributed by atoms with Crippen LogP contribution in [0.2, 0.25) is 0 Å². The Hall–Kier alpha value is -1.38. The summed E-state index contributed by atoms with van der Waals surface area (Å²) in [6, 6.07) is 1.96. The van der Waals surface area contributed by atoms with Crippen molar-refractivity contribution < 1.29 is 0 Å². The Morgan fingerprint density at radius 1 is 1.42 bits per heavy atom. The smallest absolute Gasteiger partial charge is 0.116 e. The molecule has 0 aliphatic heterocycles. The van der Waals surface area contributed by atoms with Gasteiger partial charge in [0.25, 0.3) is 0 Å². The molecule has 0 fully saturated rings. The molecule has 0 N–H and O–H groups in total. The Kier molecular flexibility index (Phi) is 1.57. The molecule has 2 aromatic rings. The van der Waals surface area contributed by atoms with Crippen LogP contribution in [0.1, 0.15) is 25.6 Å². The zero-order chi connectivity index (χ0) is 8.55. The fourth-order valence-electron chi connectivity index (χ4n) is 1.30. The van der Waals surface area contributed by atoms with Gasteiger partial charge in [0.05, 0.1) is 11.7 Å². The van der Waals surface area contributed by atoms with E-state index in [9.17, 15) is 0 Å². The third-order valence-electron chi connectivity index (χ3n) is 1.88. The van der Waals surface area contributed by atoms with Crippen molar-refractivity contribution in [2.45, 2.75) is 19.8 Å². The molecular formula is C9H11N3. The number of fused-ring (bicyclic) bond motifs is 1. The van der Waals surface area contributed by atoms with Gasteiger partial charge in [0, 0.05) is 12.1 Å². The van der Waals surface area contributed by atoms with Crippen LogP contribution in [0.15, 0.2) is 24.8 Å². The van der Waals surface area contributed by atoms with Crippen molar-refractivity contribution in [3.63, 3.8) is 0 Å². The van der Waals surface area contributed by atoms with Crippen molar-refractivity contribution in [3.05, 3.63) is 30.6 Å². The zero-order valence-corrected chi connectivity index (χ0v) is 7.23. The molecule has 0 amide bonds. The Bertz CT molecular complexity index is 389. The molecule has 3 nitrogen and oxygen atoms in total. The summed E-state index contributed by atoms with van der Waals surface area (Å²) in [7, 11) is 0. The lowest BCUT2D eigenvalue weighted by atomic mass is 10.2. The van der Waals surface area contributed by atoms with Crippen molar-refractivity contribution in [1.82, 2.24) is 14.4 Å². The summed E-state index contributed by atoms with van der Waals surface area (Å²) in [5.41, 5.74) is 1.11. The van der Waals surface area contributed by atoms with E-state index in [2.05, 4.69) is 23.8 Å². The maximum Gasteiger partial charge on any atom is 0.116 e. The molecule has 3 heteroatoms. The van der Waals surface area contributed by atoms with E-state index in [1.165, 1.54) is 0 Å². The predicted octanol–water partition coefficient (Wildman–Crippen LogP) is 1.85. The largest absolute Gasteiger partial charge is 0.287 e. The number of hydrogen-bond acceptors (Lipinski definition) is 2. The van der Waals surface area contributed by atoms with Gasteiger partial charge in [-0.05, 0) is 6.07 Å². The number of imidazole rings is 1. The van der Waals surface area contributed by atoms with Crippen LogP contribution in [-0.4, -0.2) is 14.4 Å². The van der Waals surface area contributed by atoms with E-state index < -0.39 is 0 Å². The summed E-state index contributed by atoms with van der Waals surface area (Å²) < 4.78 is 2.02. The van der Waals surface area contributed by atoms with Crippen LogP contribution in [0.25, 0.3) is 5.52 Å². The molecule has 2 aromatic heterocycles. The normalized spacial score (nSPS) is 11.2. The molecule has 0 bridgehead atoms. The first-order chi connectivity index (χ1) is 5.79. The molecule has 0 aliphatic carbocycles. The second kappa shape index (κ2) is 2.59. The summed E-state index contributed by atoms with van der Waals surface area (Å²) >= 11 is 0. The molecule has 2 rings (SSSR count). The van der Waals surface area contributed by atoms with Gasteiger partial charge in [0.2, 0.25) is 0 Å². The molecule has 0 atom stereocenters. The number of rotatable bonds is 1. The maximum absolute atomic E-state index is 4.30. The van der Waals surface area contributed by atoms with Crippen LogP contribution >= 0.6 is 0 Å². The Morgan fingerprint density at radius 2 is 2.25 bits per heavy atom. The quantitative estimate of drug-likeness (QED) is 0.639. The zero-order valence-electron chi connectivity index (χ0n) is 7.23. The van der Waals surface area contributed by atoms with Crippen LogP contribution in [-0.2, 0) is 0 Å². The molecule has 62 valence electrons. The molecule has 0 saturated heterocycles. The van der Waals surface area contributed by atoms with Gasteiger partial charge in [-0.2, -0.15) is 0 Å². The summed E-state index contributed by atoms with van der Waals surface area (Å²) in [4.78, 5) is 8.37. The fraction of sp³-hybridized carbons (Fsp3) is 0.333. The minimum Gasteiger partial charge on any atom is -0.287 e. The van der Waals surface area contributed by atoms with Gasteiger partial charge in [-0.1, -0.05) is 13.8 Å². The number of hydrogen-bond donors (Lipinski definition) is 0. The van der Waals surface area contributed by atoms with Gasteiger partial charge < -0.3 is 0 Å². The minimum atomic E-state index is 0.433. The Labute approximate surface area is 71.1 Å². The van der Waals surface area contributed by atoms with Crippen LogP contribution in [0.5, 0.6) is 0 Å². The lowest BCUT2D eigenvalue weighted by molar-refractivity contribution is 0.751. The molecule has 0 unspecified atom stereocenters. The van der Waals surface area contributed by atoms with Crippen molar-refractivity contribution >= 4 is 5.52 Å². The molecule has 12 heavy (non-hydrogen) atoms. The Balaban J connectivity index is 2.73. The highest BCUT2D eigenvalue weighted by Gasteiger charge is 2.04. The lowest BCUT2D eigenvalue weighted by Crippen LogP contribution is -2.00. The van der Waals surface area contributed by atoms with E-state index in [4.69, 9.17) is 0 Å². The SMILES string of the molecule is CC(C)c1nccc2cncn12. The average molecular weight is 161 g/mol. The molecule has 2 heterocycles. The average Bonchev–Trinajstić information content (AvgIpc) is 2.49. The van der Waals surface area contributed by atoms with Crippen LogP contribution in [0.4, 0.5) is 0 Å². The van der Waals surface area contributed by atoms with Crippen molar-refractivity contribution in [3.8, 4) is 0 Å². The number of aromatic nitrogens is 3. The van der Waals surface area contributed by atoms with Crippen molar-refractivity contribution in [2.24, 2.45) is 0 Å². The molecule has 0 aliphatic rings. The first-order valence-corrected chi connectivity index (χ1v) is 4.06. The fourth-order valence-corrected chi connectivity index (χ4v) is 1.30. The van der Waals surface area contributed by atoms with Crippen molar-refractivity contribution in [2.75, 3.05) is 0 Å². The standard InChI is InChI=1S/C9H11N3/c1-7(2)9-11-4-3-8-5-10-6-12(8)9/h3-7H,1-2H3. The third kappa shape index (κ3) is 0.978. The third-order valence-corrected chi connectivity index (χ3v) is 1.88. The van der Waals surface area contributed by atoms with Gasteiger partial charge in [-0.15, -0.1) is 0 Å². The topological polar surface area (TPSA) is 30.2 Å². The highest BCUT2D eigenvalue weighted by atomic mass is 15.0. The summed E-state index contributed by atoms with van der Waals surface area (Å²) in [5.74, 6) is 1.49. The van der Waals surface area contributed by atoms with E-state index in [0.29, 0.717) is 5.92 Å². The van der Waals surface area contributed by atoms with Crippen molar-refractivity contribution in [1.29, 1.82) is 0 Å². The molecule has 0 saturated carbocycles. The molecule has 0 spiro atoms. The van der Waals surface area contributed by atoms with E-state index in [1.807, 2.05) is 22.9 Å². The second-order valence-corrected chi connectivity index (χ2v) is 3.15. The highest BCUT2D eigenvalue weighted by molar-refractivity contribution is 5.43. The summed E-state index contributed by atoms with van der Waals surface area (Å²) in [5, 5.41) is 0. The minimum absolute atomic E-state index is 0.433. The van der Waals surface area contributed by atoms with Gasteiger partial charge >= 0.3 is 0 Å². The number of nitrogens with zero attached hydrogens (tertiary/aromatic N) is 3. The van der Waals surface area contributed by atoms with Gasteiger partial charge in [-0.25, -0.2) is 9.97 Å². The first kappa shape index (κ1) is 7.28. The first-order valence-electron chi connectivity index (χ1n) is 4.06. The monoisotopic (exact) mass is 161 g/mol. The molecule has 0 aromatic carbocycles. The van der Waals surface area contributed by atoms with E-state index in [0.717, 1.165) is 11.3 Å².